The highest BCUT2D eigenvalue weighted by molar-refractivity contribution is 6.30. The van der Waals surface area contributed by atoms with Crippen LogP contribution in [-0.4, -0.2) is 61.5 Å². The number of hydrogen-bond acceptors (Lipinski definition) is 5. The highest BCUT2D eigenvalue weighted by atomic mass is 35.5. The SMILES string of the molecule is COCCN1CCCN(c2nnc(-c3ccc(Cl)cc3)c3ccccc23)CC1. The minimum atomic E-state index is 0.722. The first kappa shape index (κ1) is 19.1. The summed E-state index contributed by atoms with van der Waals surface area (Å²) in [7, 11) is 1.76. The van der Waals surface area contributed by atoms with Gasteiger partial charge in [-0.05, 0) is 25.1 Å². The number of rotatable bonds is 5. The van der Waals surface area contributed by atoms with E-state index >= 15 is 0 Å². The normalized spacial score (nSPS) is 15.7. The lowest BCUT2D eigenvalue weighted by Gasteiger charge is -2.24. The van der Waals surface area contributed by atoms with Crippen LogP contribution in [0.1, 0.15) is 6.42 Å². The molecule has 0 saturated carbocycles. The third-order valence-electron chi connectivity index (χ3n) is 5.29. The molecule has 5 nitrogen and oxygen atoms in total. The number of methoxy groups -OCH3 is 1. The number of aromatic nitrogens is 2. The van der Waals surface area contributed by atoms with Crippen LogP contribution in [0.25, 0.3) is 22.0 Å². The standard InChI is InChI=1S/C22H25ClN4O/c1-28-16-15-26-11-4-12-27(14-13-26)22-20-6-3-2-5-19(20)21(24-25-22)17-7-9-18(23)10-8-17/h2-3,5-10H,4,11-16H2,1H3. The van der Waals surface area contributed by atoms with Crippen LogP contribution in [0.3, 0.4) is 0 Å². The lowest BCUT2D eigenvalue weighted by Crippen LogP contribution is -2.33. The predicted molar refractivity (Wildman–Crippen MR) is 115 cm³/mol. The Hall–Kier alpha value is -2.21. The second-order valence-electron chi connectivity index (χ2n) is 7.10. The van der Waals surface area contributed by atoms with E-state index in [0.29, 0.717) is 0 Å². The van der Waals surface area contributed by atoms with E-state index in [1.54, 1.807) is 7.11 Å². The highest BCUT2D eigenvalue weighted by Crippen LogP contribution is 2.32. The summed E-state index contributed by atoms with van der Waals surface area (Å²) in [5.41, 5.74) is 1.92. The Labute approximate surface area is 170 Å². The first-order valence-corrected chi connectivity index (χ1v) is 10.1. The van der Waals surface area contributed by atoms with Crippen LogP contribution in [0.4, 0.5) is 5.82 Å². The van der Waals surface area contributed by atoms with Crippen molar-refractivity contribution in [2.45, 2.75) is 6.42 Å². The van der Waals surface area contributed by atoms with Gasteiger partial charge < -0.3 is 9.64 Å². The molecule has 2 heterocycles. The smallest absolute Gasteiger partial charge is 0.159 e. The van der Waals surface area contributed by atoms with Gasteiger partial charge in [0.2, 0.25) is 0 Å². The van der Waals surface area contributed by atoms with Gasteiger partial charge in [0, 0.05) is 54.6 Å². The molecule has 6 heteroatoms. The topological polar surface area (TPSA) is 41.5 Å². The zero-order valence-electron chi connectivity index (χ0n) is 16.1. The number of fused-ring (bicyclic) bond motifs is 1. The lowest BCUT2D eigenvalue weighted by molar-refractivity contribution is 0.152. The number of halogens is 1. The summed E-state index contributed by atoms with van der Waals surface area (Å²) in [6.45, 7) is 5.79. The first-order chi connectivity index (χ1) is 13.8. The van der Waals surface area contributed by atoms with Gasteiger partial charge in [-0.1, -0.05) is 48.0 Å². The molecule has 0 amide bonds. The number of benzene rings is 2. The van der Waals surface area contributed by atoms with Crippen LogP contribution in [0, 0.1) is 0 Å². The molecule has 0 bridgehead atoms. The van der Waals surface area contributed by atoms with Crippen LogP contribution in [-0.2, 0) is 4.74 Å². The van der Waals surface area contributed by atoms with Crippen molar-refractivity contribution in [1.29, 1.82) is 0 Å². The van der Waals surface area contributed by atoms with E-state index < -0.39 is 0 Å². The Morgan fingerprint density at radius 3 is 2.50 bits per heavy atom. The molecule has 0 N–H and O–H groups in total. The molecule has 3 aromatic rings. The van der Waals surface area contributed by atoms with Crippen molar-refractivity contribution in [2.24, 2.45) is 0 Å². The maximum absolute atomic E-state index is 6.05. The molecule has 0 unspecified atom stereocenters. The van der Waals surface area contributed by atoms with Gasteiger partial charge >= 0.3 is 0 Å². The van der Waals surface area contributed by atoms with Crippen LogP contribution in [0.2, 0.25) is 5.02 Å². The molecule has 0 radical (unpaired) electrons. The zero-order chi connectivity index (χ0) is 19.3. The Morgan fingerprint density at radius 1 is 0.929 bits per heavy atom. The monoisotopic (exact) mass is 396 g/mol. The van der Waals surface area contributed by atoms with E-state index in [9.17, 15) is 0 Å². The van der Waals surface area contributed by atoms with E-state index in [1.165, 1.54) is 0 Å². The third kappa shape index (κ3) is 4.12. The summed E-state index contributed by atoms with van der Waals surface area (Å²) in [6.07, 6.45) is 1.11. The predicted octanol–water partition coefficient (Wildman–Crippen LogP) is 4.11. The second-order valence-corrected chi connectivity index (χ2v) is 7.54. The van der Waals surface area contributed by atoms with Gasteiger partial charge in [-0.2, -0.15) is 0 Å². The third-order valence-corrected chi connectivity index (χ3v) is 5.54. The minimum absolute atomic E-state index is 0.722. The average Bonchev–Trinajstić information content (AvgIpc) is 2.98. The van der Waals surface area contributed by atoms with Gasteiger partial charge in [0.05, 0.1) is 6.61 Å². The molecule has 1 aromatic heterocycles. The van der Waals surface area contributed by atoms with Gasteiger partial charge in [-0.25, -0.2) is 0 Å². The van der Waals surface area contributed by atoms with Crippen molar-refractivity contribution in [3.63, 3.8) is 0 Å². The highest BCUT2D eigenvalue weighted by Gasteiger charge is 2.19. The summed E-state index contributed by atoms with van der Waals surface area (Å²) >= 11 is 6.05. The van der Waals surface area contributed by atoms with E-state index in [4.69, 9.17) is 16.3 Å². The molecule has 4 rings (SSSR count). The molecule has 0 atom stereocenters. The maximum Gasteiger partial charge on any atom is 0.159 e. The Morgan fingerprint density at radius 2 is 1.71 bits per heavy atom. The van der Waals surface area contributed by atoms with Gasteiger partial charge in [-0.15, -0.1) is 10.2 Å². The summed E-state index contributed by atoms with van der Waals surface area (Å²) in [4.78, 5) is 4.83. The van der Waals surface area contributed by atoms with Gasteiger partial charge in [0.1, 0.15) is 5.69 Å². The van der Waals surface area contributed by atoms with Crippen LogP contribution in [0.5, 0.6) is 0 Å². The van der Waals surface area contributed by atoms with E-state index in [2.05, 4.69) is 44.3 Å². The molecule has 1 aliphatic rings. The van der Waals surface area contributed by atoms with Gasteiger partial charge in [0.25, 0.3) is 0 Å². The Kier molecular flexibility index (Phi) is 6.05. The van der Waals surface area contributed by atoms with Crippen molar-refractivity contribution >= 4 is 28.2 Å². The lowest BCUT2D eigenvalue weighted by atomic mass is 10.0. The Bertz CT molecular complexity index is 931. The fraction of sp³-hybridized carbons (Fsp3) is 0.364. The van der Waals surface area contributed by atoms with E-state index in [1.807, 2.05) is 24.3 Å². The van der Waals surface area contributed by atoms with Crippen molar-refractivity contribution in [3.8, 4) is 11.3 Å². The van der Waals surface area contributed by atoms with Gasteiger partial charge in [-0.3, -0.25) is 4.90 Å². The van der Waals surface area contributed by atoms with Crippen molar-refractivity contribution < 1.29 is 4.74 Å². The Balaban J connectivity index is 1.65. The number of ether oxygens (including phenoxy) is 1. The maximum atomic E-state index is 6.05. The van der Waals surface area contributed by atoms with Crippen LogP contribution in [0.15, 0.2) is 48.5 Å². The van der Waals surface area contributed by atoms with E-state index in [-0.39, 0.29) is 0 Å². The van der Waals surface area contributed by atoms with Crippen molar-refractivity contribution in [2.75, 3.05) is 51.3 Å². The minimum Gasteiger partial charge on any atom is -0.383 e. The first-order valence-electron chi connectivity index (χ1n) is 9.74. The number of hydrogen-bond donors (Lipinski definition) is 0. The fourth-order valence-corrected chi connectivity index (χ4v) is 3.90. The molecule has 1 fully saturated rings. The van der Waals surface area contributed by atoms with Crippen molar-refractivity contribution in [3.05, 3.63) is 53.6 Å². The quantitative estimate of drug-likeness (QED) is 0.649. The van der Waals surface area contributed by atoms with E-state index in [0.717, 1.165) is 78.6 Å². The average molecular weight is 397 g/mol. The fourth-order valence-electron chi connectivity index (χ4n) is 3.77. The summed E-state index contributed by atoms with van der Waals surface area (Å²) in [6, 6.07) is 16.2. The van der Waals surface area contributed by atoms with Crippen LogP contribution >= 0.6 is 11.6 Å². The van der Waals surface area contributed by atoms with Gasteiger partial charge in [0.15, 0.2) is 5.82 Å². The largest absolute Gasteiger partial charge is 0.383 e. The second kappa shape index (κ2) is 8.86. The molecule has 146 valence electrons. The molecular weight excluding hydrogens is 372 g/mol. The molecule has 0 aliphatic carbocycles. The molecule has 1 saturated heterocycles. The molecule has 2 aromatic carbocycles. The summed E-state index contributed by atoms with van der Waals surface area (Å²) in [5, 5.41) is 12.3. The number of anilines is 1. The number of nitrogens with zero attached hydrogens (tertiary/aromatic N) is 4. The molecule has 28 heavy (non-hydrogen) atoms. The molecule has 1 aliphatic heterocycles. The molecule has 0 spiro atoms. The van der Waals surface area contributed by atoms with Crippen molar-refractivity contribution in [1.82, 2.24) is 15.1 Å². The van der Waals surface area contributed by atoms with Crippen LogP contribution < -0.4 is 4.90 Å². The summed E-state index contributed by atoms with van der Waals surface area (Å²) < 4.78 is 5.23. The summed E-state index contributed by atoms with van der Waals surface area (Å²) in [5.74, 6) is 0.974. The molecular formula is C22H25ClN4O. The zero-order valence-corrected chi connectivity index (χ0v) is 16.9.